The van der Waals surface area contributed by atoms with E-state index in [4.69, 9.17) is 9.47 Å². The monoisotopic (exact) mass is 297 g/mol. The van der Waals surface area contributed by atoms with Gasteiger partial charge in [-0.1, -0.05) is 20.3 Å². The number of rotatable bonds is 5. The van der Waals surface area contributed by atoms with Gasteiger partial charge in [-0.05, 0) is 37.5 Å². The van der Waals surface area contributed by atoms with Crippen LogP contribution in [0.15, 0.2) is 0 Å². The minimum atomic E-state index is 0.229. The SMILES string of the molecule is C[C@@H]1CCC[C@H](C)C1N(C)C(=O)CCOC1CCOCC1. The first-order chi connectivity index (χ1) is 10.1. The Hall–Kier alpha value is -0.610. The van der Waals surface area contributed by atoms with Gasteiger partial charge in [0.25, 0.3) is 0 Å². The van der Waals surface area contributed by atoms with Gasteiger partial charge in [0, 0.05) is 26.3 Å². The summed E-state index contributed by atoms with van der Waals surface area (Å²) in [5, 5.41) is 0. The maximum absolute atomic E-state index is 12.4. The van der Waals surface area contributed by atoms with Crippen molar-refractivity contribution < 1.29 is 14.3 Å². The Kier molecular flexibility index (Phi) is 6.49. The van der Waals surface area contributed by atoms with E-state index in [2.05, 4.69) is 13.8 Å². The molecule has 0 aromatic rings. The molecule has 2 aliphatic rings. The number of hydrogen-bond donors (Lipinski definition) is 0. The summed E-state index contributed by atoms with van der Waals surface area (Å²) in [6.07, 6.45) is 6.49. The second kappa shape index (κ2) is 8.14. The minimum absolute atomic E-state index is 0.229. The third kappa shape index (κ3) is 4.68. The van der Waals surface area contributed by atoms with Gasteiger partial charge in [0.1, 0.15) is 0 Å². The van der Waals surface area contributed by atoms with Crippen molar-refractivity contribution in [1.29, 1.82) is 0 Å². The molecule has 2 fully saturated rings. The van der Waals surface area contributed by atoms with Crippen molar-refractivity contribution in [2.45, 2.75) is 64.5 Å². The smallest absolute Gasteiger partial charge is 0.224 e. The molecule has 3 atom stereocenters. The Bertz CT molecular complexity index is 318. The van der Waals surface area contributed by atoms with E-state index in [1.54, 1.807) is 0 Å². The maximum Gasteiger partial charge on any atom is 0.224 e. The minimum Gasteiger partial charge on any atom is -0.381 e. The maximum atomic E-state index is 12.4. The van der Waals surface area contributed by atoms with E-state index in [1.807, 2.05) is 11.9 Å². The number of ether oxygens (including phenoxy) is 2. The first-order valence-electron chi connectivity index (χ1n) is 8.54. The number of carbonyl (C=O) groups excluding carboxylic acids is 1. The molecule has 0 spiro atoms. The van der Waals surface area contributed by atoms with Crippen molar-refractivity contribution in [3.63, 3.8) is 0 Å². The molecule has 1 saturated heterocycles. The fraction of sp³-hybridized carbons (Fsp3) is 0.941. The van der Waals surface area contributed by atoms with Crippen LogP contribution in [0.5, 0.6) is 0 Å². The number of hydrogen-bond acceptors (Lipinski definition) is 3. The van der Waals surface area contributed by atoms with Crippen LogP contribution in [0.25, 0.3) is 0 Å². The number of amides is 1. The first kappa shape index (κ1) is 16.8. The molecule has 1 aliphatic carbocycles. The Morgan fingerprint density at radius 2 is 1.76 bits per heavy atom. The van der Waals surface area contributed by atoms with Crippen LogP contribution in [-0.2, 0) is 14.3 Å². The van der Waals surface area contributed by atoms with Gasteiger partial charge < -0.3 is 14.4 Å². The van der Waals surface area contributed by atoms with E-state index in [0.29, 0.717) is 30.9 Å². The highest BCUT2D eigenvalue weighted by molar-refractivity contribution is 5.76. The lowest BCUT2D eigenvalue weighted by atomic mass is 9.78. The van der Waals surface area contributed by atoms with Crippen LogP contribution in [0.1, 0.15) is 52.4 Å². The molecule has 21 heavy (non-hydrogen) atoms. The van der Waals surface area contributed by atoms with Crippen LogP contribution in [0.2, 0.25) is 0 Å². The van der Waals surface area contributed by atoms with Gasteiger partial charge in [-0.3, -0.25) is 4.79 Å². The van der Waals surface area contributed by atoms with E-state index in [1.165, 1.54) is 19.3 Å². The molecular weight excluding hydrogens is 266 g/mol. The fourth-order valence-electron chi connectivity index (χ4n) is 3.93. The molecule has 0 N–H and O–H groups in total. The zero-order valence-corrected chi connectivity index (χ0v) is 13.8. The summed E-state index contributed by atoms with van der Waals surface area (Å²) in [6, 6.07) is 0.398. The largest absolute Gasteiger partial charge is 0.381 e. The lowest BCUT2D eigenvalue weighted by Gasteiger charge is -2.41. The molecule has 1 heterocycles. The third-order valence-electron chi connectivity index (χ3n) is 5.16. The van der Waals surface area contributed by atoms with Gasteiger partial charge in [-0.25, -0.2) is 0 Å². The number of nitrogens with zero attached hydrogens (tertiary/aromatic N) is 1. The number of carbonyl (C=O) groups is 1. The fourth-order valence-corrected chi connectivity index (χ4v) is 3.93. The van der Waals surface area contributed by atoms with E-state index >= 15 is 0 Å². The summed E-state index contributed by atoms with van der Waals surface area (Å²) in [5.41, 5.74) is 0. The Morgan fingerprint density at radius 1 is 1.14 bits per heavy atom. The normalized spacial score (nSPS) is 31.1. The second-order valence-electron chi connectivity index (χ2n) is 6.81. The van der Waals surface area contributed by atoms with Gasteiger partial charge in [-0.15, -0.1) is 0 Å². The predicted molar refractivity (Wildman–Crippen MR) is 83.1 cm³/mol. The van der Waals surface area contributed by atoms with Gasteiger partial charge >= 0.3 is 0 Å². The summed E-state index contributed by atoms with van der Waals surface area (Å²) < 4.78 is 11.1. The topological polar surface area (TPSA) is 38.8 Å². The van der Waals surface area contributed by atoms with Crippen molar-refractivity contribution in [2.75, 3.05) is 26.9 Å². The van der Waals surface area contributed by atoms with E-state index in [0.717, 1.165) is 26.1 Å². The highest BCUT2D eigenvalue weighted by Crippen LogP contribution is 2.32. The van der Waals surface area contributed by atoms with Crippen LogP contribution in [-0.4, -0.2) is 49.8 Å². The molecule has 0 bridgehead atoms. The lowest BCUT2D eigenvalue weighted by molar-refractivity contribution is -0.137. The van der Waals surface area contributed by atoms with Crippen molar-refractivity contribution in [1.82, 2.24) is 4.90 Å². The Labute approximate surface area is 129 Å². The molecule has 122 valence electrons. The molecule has 1 aliphatic heterocycles. The van der Waals surface area contributed by atoms with E-state index < -0.39 is 0 Å². The van der Waals surface area contributed by atoms with Gasteiger partial charge in [0.05, 0.1) is 19.1 Å². The average Bonchev–Trinajstić information content (AvgIpc) is 2.48. The van der Waals surface area contributed by atoms with Gasteiger partial charge in [0.15, 0.2) is 0 Å². The van der Waals surface area contributed by atoms with Crippen LogP contribution >= 0.6 is 0 Å². The molecule has 1 amide bonds. The summed E-state index contributed by atoms with van der Waals surface area (Å²) >= 11 is 0. The summed E-state index contributed by atoms with van der Waals surface area (Å²) in [7, 11) is 1.97. The van der Waals surface area contributed by atoms with E-state index in [-0.39, 0.29) is 12.0 Å². The molecule has 0 radical (unpaired) electrons. The highest BCUT2D eigenvalue weighted by atomic mass is 16.5. The Morgan fingerprint density at radius 3 is 2.38 bits per heavy atom. The van der Waals surface area contributed by atoms with Crippen LogP contribution < -0.4 is 0 Å². The van der Waals surface area contributed by atoms with Gasteiger partial charge in [-0.2, -0.15) is 0 Å². The van der Waals surface area contributed by atoms with E-state index in [9.17, 15) is 4.79 Å². The molecule has 1 saturated carbocycles. The third-order valence-corrected chi connectivity index (χ3v) is 5.16. The summed E-state index contributed by atoms with van der Waals surface area (Å²) in [6.45, 7) is 6.68. The molecular formula is C17H31NO3. The van der Waals surface area contributed by atoms with Crippen molar-refractivity contribution >= 4 is 5.91 Å². The standard InChI is InChI=1S/C17H31NO3/c1-13-5-4-6-14(2)17(13)18(3)16(19)9-12-21-15-7-10-20-11-8-15/h13-15,17H,4-12H2,1-3H3/t13-,14+,17?. The second-order valence-corrected chi connectivity index (χ2v) is 6.81. The van der Waals surface area contributed by atoms with Crippen molar-refractivity contribution in [3.05, 3.63) is 0 Å². The van der Waals surface area contributed by atoms with Crippen molar-refractivity contribution in [3.8, 4) is 0 Å². The lowest BCUT2D eigenvalue weighted by Crippen LogP contribution is -2.47. The molecule has 4 nitrogen and oxygen atoms in total. The highest BCUT2D eigenvalue weighted by Gasteiger charge is 2.32. The quantitative estimate of drug-likeness (QED) is 0.783. The van der Waals surface area contributed by atoms with Crippen LogP contribution in [0, 0.1) is 11.8 Å². The van der Waals surface area contributed by atoms with Crippen molar-refractivity contribution in [2.24, 2.45) is 11.8 Å². The average molecular weight is 297 g/mol. The summed E-state index contributed by atoms with van der Waals surface area (Å²) in [4.78, 5) is 14.4. The Balaban J connectivity index is 1.73. The van der Waals surface area contributed by atoms with Gasteiger partial charge in [0.2, 0.25) is 5.91 Å². The zero-order valence-electron chi connectivity index (χ0n) is 13.8. The molecule has 1 unspecified atom stereocenters. The molecule has 0 aromatic heterocycles. The zero-order chi connectivity index (χ0) is 15.2. The summed E-state index contributed by atoms with van der Waals surface area (Å²) in [5.74, 6) is 1.45. The van der Waals surface area contributed by atoms with Crippen LogP contribution in [0.4, 0.5) is 0 Å². The first-order valence-corrected chi connectivity index (χ1v) is 8.54. The predicted octanol–water partition coefficient (Wildman–Crippen LogP) is 2.86. The molecule has 4 heteroatoms. The molecule has 2 rings (SSSR count). The van der Waals surface area contributed by atoms with Crippen LogP contribution in [0.3, 0.4) is 0 Å². The molecule has 0 aromatic carbocycles.